The van der Waals surface area contributed by atoms with Crippen molar-refractivity contribution in [1.29, 1.82) is 0 Å². The van der Waals surface area contributed by atoms with E-state index in [0.717, 1.165) is 0 Å². The predicted molar refractivity (Wildman–Crippen MR) is 155 cm³/mol. The summed E-state index contributed by atoms with van der Waals surface area (Å²) in [5, 5.41) is 2.76. The lowest BCUT2D eigenvalue weighted by Crippen LogP contribution is -2.57. The summed E-state index contributed by atoms with van der Waals surface area (Å²) in [5.74, 6) is -1.93. The SMILES string of the molecule is C=C[C@@H]1C[C@]1(NC(=O)[C@@H]1C[C@@H](Oc2nc3cncnc3n2C(C)C)CN1C(=O)OC(C)(C)C)C(=O)NS(=O)(=O)C1(C)CC1. The molecule has 2 saturated carbocycles. The van der Waals surface area contributed by atoms with Crippen molar-refractivity contribution in [3.63, 3.8) is 0 Å². The minimum Gasteiger partial charge on any atom is -0.459 e. The van der Waals surface area contributed by atoms with Gasteiger partial charge in [0.1, 0.15) is 35.1 Å². The van der Waals surface area contributed by atoms with Crippen LogP contribution in [-0.4, -0.2) is 85.3 Å². The maximum absolute atomic E-state index is 13.8. The van der Waals surface area contributed by atoms with E-state index in [0.29, 0.717) is 24.0 Å². The highest BCUT2D eigenvalue weighted by Crippen LogP contribution is 2.47. The van der Waals surface area contributed by atoms with Gasteiger partial charge in [-0.25, -0.2) is 23.2 Å². The largest absolute Gasteiger partial charge is 0.459 e. The van der Waals surface area contributed by atoms with Crippen LogP contribution in [0.25, 0.3) is 11.2 Å². The lowest BCUT2D eigenvalue weighted by Gasteiger charge is -2.29. The summed E-state index contributed by atoms with van der Waals surface area (Å²) < 4.78 is 40.4. The van der Waals surface area contributed by atoms with Crippen LogP contribution >= 0.6 is 0 Å². The molecule has 14 nitrogen and oxygen atoms in total. The number of ether oxygens (including phenoxy) is 2. The van der Waals surface area contributed by atoms with Crippen molar-refractivity contribution in [3.05, 3.63) is 25.2 Å². The number of hydrogen-bond acceptors (Lipinski definition) is 10. The molecule has 0 radical (unpaired) electrons. The molecule has 3 fully saturated rings. The van der Waals surface area contributed by atoms with Crippen LogP contribution in [0, 0.1) is 5.92 Å². The lowest BCUT2D eigenvalue weighted by molar-refractivity contribution is -0.131. The number of sulfonamides is 1. The summed E-state index contributed by atoms with van der Waals surface area (Å²) in [6.45, 7) is 14.4. The molecule has 3 heterocycles. The monoisotopic (exact) mass is 617 g/mol. The molecule has 234 valence electrons. The number of imidazole rings is 1. The zero-order valence-corrected chi connectivity index (χ0v) is 26.1. The van der Waals surface area contributed by atoms with E-state index in [1.54, 1.807) is 38.5 Å². The van der Waals surface area contributed by atoms with Gasteiger partial charge in [-0.15, -0.1) is 6.58 Å². The quantitative estimate of drug-likeness (QED) is 0.397. The standard InChI is InChI=1S/C28H39N7O7S/c1-8-17-12-28(17,23(37)33-43(39,40)27(7)9-10-27)32-22(36)20-11-18(14-34(20)25(38)42-26(4,5)6)41-24-31-19-13-29-15-30-21(19)35(24)16(2)3/h8,13,15-18,20H,1,9-12,14H2,2-7H3,(H,32,36)(H,33,37)/t17-,18-,20+,28-/m1/s1. The summed E-state index contributed by atoms with van der Waals surface area (Å²) in [6, 6.07) is -0.857. The first kappa shape index (κ1) is 30.7. The minimum atomic E-state index is -3.93. The molecule has 0 spiro atoms. The Hall–Kier alpha value is -3.75. The number of aromatic nitrogens is 4. The first-order valence-electron chi connectivity index (χ1n) is 14.4. The average molecular weight is 618 g/mol. The molecular weight excluding hydrogens is 578 g/mol. The van der Waals surface area contributed by atoms with Crippen LogP contribution in [0.4, 0.5) is 4.79 Å². The Kier molecular flexibility index (Phi) is 7.46. The topological polar surface area (TPSA) is 175 Å². The van der Waals surface area contributed by atoms with Crippen molar-refractivity contribution >= 4 is 39.1 Å². The molecule has 2 aliphatic carbocycles. The molecule has 1 aliphatic heterocycles. The van der Waals surface area contributed by atoms with Crippen molar-refractivity contribution in [2.45, 2.75) is 101 Å². The van der Waals surface area contributed by atoms with Gasteiger partial charge >= 0.3 is 6.09 Å². The molecule has 43 heavy (non-hydrogen) atoms. The number of amides is 3. The van der Waals surface area contributed by atoms with Gasteiger partial charge in [0.2, 0.25) is 15.9 Å². The van der Waals surface area contributed by atoms with E-state index in [1.165, 1.54) is 17.3 Å². The highest BCUT2D eigenvalue weighted by Gasteiger charge is 2.63. The van der Waals surface area contributed by atoms with Crippen molar-refractivity contribution in [2.24, 2.45) is 5.92 Å². The maximum atomic E-state index is 13.8. The van der Waals surface area contributed by atoms with Crippen molar-refractivity contribution in [3.8, 4) is 6.01 Å². The smallest absolute Gasteiger partial charge is 0.411 e. The van der Waals surface area contributed by atoms with Crippen molar-refractivity contribution in [2.75, 3.05) is 6.54 Å². The Morgan fingerprint density at radius 2 is 1.93 bits per heavy atom. The number of rotatable bonds is 9. The first-order chi connectivity index (χ1) is 20.0. The maximum Gasteiger partial charge on any atom is 0.411 e. The van der Waals surface area contributed by atoms with E-state index in [1.807, 2.05) is 13.8 Å². The molecular formula is C28H39N7O7S. The normalized spacial score (nSPS) is 26.2. The fourth-order valence-corrected chi connectivity index (χ4v) is 6.61. The average Bonchev–Trinajstić information content (AvgIpc) is 3.73. The fourth-order valence-electron chi connectivity index (χ4n) is 5.30. The van der Waals surface area contributed by atoms with Crippen LogP contribution in [-0.2, 0) is 24.3 Å². The summed E-state index contributed by atoms with van der Waals surface area (Å²) in [7, 11) is -3.93. The molecule has 5 rings (SSSR count). The Morgan fingerprint density at radius 3 is 2.51 bits per heavy atom. The third-order valence-electron chi connectivity index (χ3n) is 8.19. The molecule has 0 bridgehead atoms. The molecule has 2 aromatic rings. The number of nitrogens with zero attached hydrogens (tertiary/aromatic N) is 5. The number of fused-ring (bicyclic) bond motifs is 1. The molecule has 3 aliphatic rings. The van der Waals surface area contributed by atoms with Crippen LogP contribution in [0.1, 0.15) is 73.3 Å². The third kappa shape index (κ3) is 5.78. The Morgan fingerprint density at radius 1 is 1.23 bits per heavy atom. The summed E-state index contributed by atoms with van der Waals surface area (Å²) >= 11 is 0. The zero-order valence-electron chi connectivity index (χ0n) is 25.3. The van der Waals surface area contributed by atoms with E-state index in [9.17, 15) is 22.8 Å². The van der Waals surface area contributed by atoms with E-state index < -0.39 is 61.9 Å². The predicted octanol–water partition coefficient (Wildman–Crippen LogP) is 2.22. The third-order valence-corrected chi connectivity index (χ3v) is 10.3. The molecule has 0 aromatic carbocycles. The van der Waals surface area contributed by atoms with Gasteiger partial charge < -0.3 is 14.8 Å². The molecule has 4 atom stereocenters. The highest BCUT2D eigenvalue weighted by atomic mass is 32.2. The van der Waals surface area contributed by atoms with Crippen LogP contribution in [0.5, 0.6) is 6.01 Å². The van der Waals surface area contributed by atoms with Gasteiger partial charge in [-0.1, -0.05) is 6.08 Å². The second kappa shape index (κ2) is 10.5. The Bertz CT molecular complexity index is 1580. The number of carbonyl (C=O) groups is 3. The molecule has 3 amide bonds. The number of nitrogens with one attached hydrogen (secondary N) is 2. The second-order valence-electron chi connectivity index (χ2n) is 13.1. The van der Waals surface area contributed by atoms with E-state index >= 15 is 0 Å². The highest BCUT2D eigenvalue weighted by molar-refractivity contribution is 7.91. The van der Waals surface area contributed by atoms with Gasteiger partial charge in [0, 0.05) is 18.4 Å². The van der Waals surface area contributed by atoms with Gasteiger partial charge in [0.05, 0.1) is 17.5 Å². The Balaban J connectivity index is 1.39. The first-order valence-corrected chi connectivity index (χ1v) is 15.8. The molecule has 15 heteroatoms. The van der Waals surface area contributed by atoms with Crippen LogP contribution < -0.4 is 14.8 Å². The number of carbonyl (C=O) groups excluding carboxylic acids is 3. The van der Waals surface area contributed by atoms with Crippen molar-refractivity contribution in [1.82, 2.24) is 34.5 Å². The van der Waals surface area contributed by atoms with E-state index in [-0.39, 0.29) is 31.4 Å². The summed E-state index contributed by atoms with van der Waals surface area (Å²) in [4.78, 5) is 54.6. The lowest BCUT2D eigenvalue weighted by atomic mass is 10.1. The van der Waals surface area contributed by atoms with Gasteiger partial charge in [-0.2, -0.15) is 4.98 Å². The van der Waals surface area contributed by atoms with E-state index in [4.69, 9.17) is 9.47 Å². The van der Waals surface area contributed by atoms with Crippen LogP contribution in [0.3, 0.4) is 0 Å². The molecule has 2 N–H and O–H groups in total. The van der Waals surface area contributed by atoms with Gasteiger partial charge in [-0.05, 0) is 60.8 Å². The van der Waals surface area contributed by atoms with Crippen LogP contribution in [0.2, 0.25) is 0 Å². The fraction of sp³-hybridized carbons (Fsp3) is 0.643. The molecule has 1 saturated heterocycles. The van der Waals surface area contributed by atoms with Crippen LogP contribution in [0.15, 0.2) is 25.2 Å². The second-order valence-corrected chi connectivity index (χ2v) is 15.3. The van der Waals surface area contributed by atoms with Gasteiger partial charge in [0.25, 0.3) is 11.9 Å². The van der Waals surface area contributed by atoms with Crippen molar-refractivity contribution < 1.29 is 32.3 Å². The summed E-state index contributed by atoms with van der Waals surface area (Å²) in [5.41, 5.74) is -1.21. The van der Waals surface area contributed by atoms with Gasteiger partial charge in [-0.3, -0.25) is 23.8 Å². The Labute approximate surface area is 250 Å². The minimum absolute atomic E-state index is 0.0107. The number of likely N-dealkylation sites (tertiary alicyclic amines) is 1. The van der Waals surface area contributed by atoms with E-state index in [2.05, 4.69) is 31.6 Å². The number of hydrogen-bond donors (Lipinski definition) is 2. The summed E-state index contributed by atoms with van der Waals surface area (Å²) in [6.07, 6.45) is 4.28. The zero-order chi connectivity index (χ0) is 31.5. The van der Waals surface area contributed by atoms with Gasteiger partial charge in [0.15, 0.2) is 5.65 Å². The molecule has 2 aromatic heterocycles. The molecule has 0 unspecified atom stereocenters.